The molecule has 2 heteroatoms. The van der Waals surface area contributed by atoms with Crippen molar-refractivity contribution in [1.29, 1.82) is 0 Å². The maximum Gasteiger partial charge on any atom is 0.173 e. The van der Waals surface area contributed by atoms with Crippen LogP contribution in [0.2, 0.25) is 0 Å². The van der Waals surface area contributed by atoms with E-state index in [1.165, 1.54) is 38.5 Å². The van der Waals surface area contributed by atoms with Crippen LogP contribution in [0.25, 0.3) is 0 Å². The third-order valence-electron chi connectivity index (χ3n) is 5.50. The number of ketones is 1. The van der Waals surface area contributed by atoms with Gasteiger partial charge in [0.1, 0.15) is 0 Å². The Kier molecular flexibility index (Phi) is 2.45. The molecule has 4 bridgehead atoms. The lowest BCUT2D eigenvalue weighted by Crippen LogP contribution is -2.46. The predicted molar refractivity (Wildman–Crippen MR) is 73.9 cm³/mol. The summed E-state index contributed by atoms with van der Waals surface area (Å²) >= 11 is 1.61. The maximum atomic E-state index is 12.4. The summed E-state index contributed by atoms with van der Waals surface area (Å²) in [7, 11) is 0. The zero-order valence-electron chi connectivity index (χ0n) is 10.7. The van der Waals surface area contributed by atoms with Crippen molar-refractivity contribution in [2.45, 2.75) is 44.9 Å². The molecule has 1 aromatic heterocycles. The average Bonchev–Trinajstić information content (AvgIpc) is 2.79. The standard InChI is InChI=1S/C16H20OS/c17-14(15-2-1-3-18-15)10-16-7-11-4-12(8-16)6-13(5-11)9-16/h1-3,11-13H,4-10H2. The Labute approximate surface area is 113 Å². The summed E-state index contributed by atoms with van der Waals surface area (Å²) in [6.07, 6.45) is 9.25. The van der Waals surface area contributed by atoms with E-state index in [2.05, 4.69) is 0 Å². The van der Waals surface area contributed by atoms with Crippen LogP contribution < -0.4 is 0 Å². The molecule has 0 aliphatic heterocycles. The van der Waals surface area contributed by atoms with E-state index in [0.29, 0.717) is 11.2 Å². The molecule has 0 amide bonds. The van der Waals surface area contributed by atoms with Gasteiger partial charge in [0, 0.05) is 6.42 Å². The molecule has 1 aromatic rings. The number of carbonyl (C=O) groups excluding carboxylic acids is 1. The first-order valence-corrected chi connectivity index (χ1v) is 8.17. The highest BCUT2D eigenvalue weighted by Crippen LogP contribution is 2.61. The zero-order chi connectivity index (χ0) is 12.2. The van der Waals surface area contributed by atoms with Crippen molar-refractivity contribution in [2.24, 2.45) is 23.2 Å². The molecule has 0 saturated heterocycles. The molecule has 0 spiro atoms. The van der Waals surface area contributed by atoms with Crippen molar-refractivity contribution in [3.8, 4) is 0 Å². The average molecular weight is 260 g/mol. The molecule has 0 atom stereocenters. The van der Waals surface area contributed by atoms with Crippen LogP contribution in [-0.2, 0) is 0 Å². The number of Topliss-reactive ketones (excluding diaryl/α,β-unsaturated/α-hetero) is 1. The summed E-state index contributed by atoms with van der Waals surface area (Å²) in [5.41, 5.74) is 0.399. The number of hydrogen-bond acceptors (Lipinski definition) is 2. The summed E-state index contributed by atoms with van der Waals surface area (Å²) in [5.74, 6) is 3.26. The molecule has 4 aliphatic rings. The van der Waals surface area contributed by atoms with E-state index >= 15 is 0 Å². The number of hydrogen-bond donors (Lipinski definition) is 0. The monoisotopic (exact) mass is 260 g/mol. The van der Waals surface area contributed by atoms with Gasteiger partial charge < -0.3 is 0 Å². The molecule has 5 rings (SSSR count). The fourth-order valence-electron chi connectivity index (χ4n) is 5.37. The van der Waals surface area contributed by atoms with Crippen molar-refractivity contribution in [1.82, 2.24) is 0 Å². The Morgan fingerprint density at radius 3 is 2.28 bits per heavy atom. The lowest BCUT2D eigenvalue weighted by molar-refractivity contribution is -0.0523. The molecule has 0 unspecified atom stereocenters. The van der Waals surface area contributed by atoms with Crippen molar-refractivity contribution in [3.05, 3.63) is 22.4 Å². The third kappa shape index (κ3) is 1.77. The summed E-state index contributed by atoms with van der Waals surface area (Å²) < 4.78 is 0. The van der Waals surface area contributed by atoms with Gasteiger partial charge in [-0.25, -0.2) is 0 Å². The van der Waals surface area contributed by atoms with Gasteiger partial charge in [-0.1, -0.05) is 6.07 Å². The number of thiophene rings is 1. The molecule has 4 saturated carbocycles. The molecule has 1 nitrogen and oxygen atoms in total. The molecule has 4 fully saturated rings. The van der Waals surface area contributed by atoms with Gasteiger partial charge in [-0.2, -0.15) is 0 Å². The number of carbonyl (C=O) groups is 1. The highest BCUT2D eigenvalue weighted by molar-refractivity contribution is 7.12. The Morgan fingerprint density at radius 1 is 1.17 bits per heavy atom. The zero-order valence-corrected chi connectivity index (χ0v) is 11.5. The minimum atomic E-state index is 0.399. The van der Waals surface area contributed by atoms with Gasteiger partial charge in [-0.05, 0) is 73.1 Å². The van der Waals surface area contributed by atoms with Gasteiger partial charge in [0.2, 0.25) is 0 Å². The van der Waals surface area contributed by atoms with Crippen LogP contribution in [0.15, 0.2) is 17.5 Å². The highest BCUT2D eigenvalue weighted by atomic mass is 32.1. The van der Waals surface area contributed by atoms with Gasteiger partial charge in [0.15, 0.2) is 5.78 Å². The van der Waals surface area contributed by atoms with Crippen LogP contribution in [-0.4, -0.2) is 5.78 Å². The van der Waals surface area contributed by atoms with E-state index < -0.39 is 0 Å². The second kappa shape index (κ2) is 3.93. The normalized spacial score (nSPS) is 41.2. The second-order valence-electron chi connectivity index (χ2n) is 6.99. The SMILES string of the molecule is O=C(CC12CC3CC(CC(C3)C1)C2)c1cccs1. The Morgan fingerprint density at radius 2 is 1.78 bits per heavy atom. The predicted octanol–water partition coefficient (Wildman–Crippen LogP) is 4.54. The molecule has 18 heavy (non-hydrogen) atoms. The van der Waals surface area contributed by atoms with Crippen LogP contribution in [0.4, 0.5) is 0 Å². The number of rotatable bonds is 3. The Bertz CT molecular complexity index is 424. The third-order valence-corrected chi connectivity index (χ3v) is 6.41. The van der Waals surface area contributed by atoms with E-state index in [9.17, 15) is 4.79 Å². The van der Waals surface area contributed by atoms with Crippen molar-refractivity contribution < 1.29 is 4.79 Å². The minimum Gasteiger partial charge on any atom is -0.293 e. The first-order valence-electron chi connectivity index (χ1n) is 7.29. The van der Waals surface area contributed by atoms with Gasteiger partial charge in [-0.15, -0.1) is 11.3 Å². The fourth-order valence-corrected chi connectivity index (χ4v) is 6.04. The molecule has 0 radical (unpaired) electrons. The Balaban J connectivity index is 1.56. The van der Waals surface area contributed by atoms with E-state index in [4.69, 9.17) is 0 Å². The highest BCUT2D eigenvalue weighted by Gasteiger charge is 2.51. The van der Waals surface area contributed by atoms with Gasteiger partial charge in [-0.3, -0.25) is 4.79 Å². The quantitative estimate of drug-likeness (QED) is 0.729. The van der Waals surface area contributed by atoms with Crippen molar-refractivity contribution in [3.63, 3.8) is 0 Å². The molecule has 96 valence electrons. The van der Waals surface area contributed by atoms with Crippen LogP contribution in [0.1, 0.15) is 54.6 Å². The first-order chi connectivity index (χ1) is 8.72. The van der Waals surface area contributed by atoms with Gasteiger partial charge in [0.05, 0.1) is 4.88 Å². The molecule has 0 N–H and O–H groups in total. The van der Waals surface area contributed by atoms with Crippen LogP contribution in [0.5, 0.6) is 0 Å². The largest absolute Gasteiger partial charge is 0.293 e. The first kappa shape index (κ1) is 11.2. The van der Waals surface area contributed by atoms with Gasteiger partial charge >= 0.3 is 0 Å². The molecular weight excluding hydrogens is 240 g/mol. The summed E-state index contributed by atoms with van der Waals surface area (Å²) in [4.78, 5) is 13.4. The topological polar surface area (TPSA) is 17.1 Å². The minimum absolute atomic E-state index is 0.399. The lowest BCUT2D eigenvalue weighted by atomic mass is 9.48. The second-order valence-corrected chi connectivity index (χ2v) is 7.94. The fraction of sp³-hybridized carbons (Fsp3) is 0.688. The van der Waals surface area contributed by atoms with E-state index in [0.717, 1.165) is 29.1 Å². The van der Waals surface area contributed by atoms with E-state index in [-0.39, 0.29) is 0 Å². The lowest BCUT2D eigenvalue weighted by Gasteiger charge is -2.56. The van der Waals surface area contributed by atoms with Crippen LogP contribution in [0, 0.1) is 23.2 Å². The summed E-state index contributed by atoms with van der Waals surface area (Å²) in [6, 6.07) is 3.99. The summed E-state index contributed by atoms with van der Waals surface area (Å²) in [5, 5.41) is 2.02. The maximum absolute atomic E-state index is 12.4. The van der Waals surface area contributed by atoms with E-state index in [1.807, 2.05) is 17.5 Å². The summed E-state index contributed by atoms with van der Waals surface area (Å²) in [6.45, 7) is 0. The Hall–Kier alpha value is -0.630. The van der Waals surface area contributed by atoms with Crippen LogP contribution in [0.3, 0.4) is 0 Å². The van der Waals surface area contributed by atoms with E-state index in [1.54, 1.807) is 11.3 Å². The smallest absolute Gasteiger partial charge is 0.173 e. The molecule has 4 aliphatic carbocycles. The van der Waals surface area contributed by atoms with Gasteiger partial charge in [0.25, 0.3) is 0 Å². The van der Waals surface area contributed by atoms with Crippen LogP contribution >= 0.6 is 11.3 Å². The van der Waals surface area contributed by atoms with Crippen molar-refractivity contribution >= 4 is 17.1 Å². The van der Waals surface area contributed by atoms with Crippen molar-refractivity contribution in [2.75, 3.05) is 0 Å². The molecule has 1 heterocycles. The molecular formula is C16H20OS. The molecule has 0 aromatic carbocycles.